The fourth-order valence-electron chi connectivity index (χ4n) is 4.07. The molecule has 0 spiro atoms. The van der Waals surface area contributed by atoms with Crippen LogP contribution in [0.5, 0.6) is 0 Å². The lowest BCUT2D eigenvalue weighted by Crippen LogP contribution is -2.32. The summed E-state index contributed by atoms with van der Waals surface area (Å²) in [7, 11) is 0. The molecule has 5 rings (SSSR count). The lowest BCUT2D eigenvalue weighted by molar-refractivity contribution is 0.0720. The lowest BCUT2D eigenvalue weighted by Gasteiger charge is -2.24. The van der Waals surface area contributed by atoms with E-state index < -0.39 is 0 Å². The van der Waals surface area contributed by atoms with Crippen molar-refractivity contribution in [2.75, 3.05) is 0 Å². The Morgan fingerprint density at radius 3 is 2.06 bits per heavy atom. The highest BCUT2D eigenvalue weighted by Crippen LogP contribution is 2.28. The van der Waals surface area contributed by atoms with Crippen molar-refractivity contribution >= 4 is 27.5 Å². The molecule has 33 heavy (non-hydrogen) atoms. The number of hydrogen-bond acceptors (Lipinski definition) is 2. The van der Waals surface area contributed by atoms with Gasteiger partial charge in [-0.05, 0) is 46.3 Å². The molecule has 0 N–H and O–H groups in total. The normalized spacial score (nSPS) is 11.1. The molecule has 5 aromatic rings. The average Bonchev–Trinajstić information content (AvgIpc) is 3.44. The van der Waals surface area contributed by atoms with Gasteiger partial charge < -0.3 is 9.47 Å². The summed E-state index contributed by atoms with van der Waals surface area (Å²) >= 11 is 1.64. The monoisotopic (exact) mass is 454 g/mol. The maximum Gasteiger partial charge on any atom is 0.271 e. The van der Waals surface area contributed by atoms with Gasteiger partial charge >= 0.3 is 0 Å². The highest BCUT2D eigenvalue weighted by molar-refractivity contribution is 7.17. The van der Waals surface area contributed by atoms with E-state index in [1.807, 2.05) is 59.5 Å². The van der Waals surface area contributed by atoms with E-state index in [-0.39, 0.29) is 11.7 Å². The van der Waals surface area contributed by atoms with Crippen molar-refractivity contribution in [2.45, 2.75) is 19.6 Å². The first-order valence-corrected chi connectivity index (χ1v) is 11.7. The quantitative estimate of drug-likeness (QED) is 0.268. The van der Waals surface area contributed by atoms with E-state index in [0.29, 0.717) is 25.3 Å². The topological polar surface area (TPSA) is 25.2 Å². The molecule has 0 saturated heterocycles. The number of benzene rings is 3. The van der Waals surface area contributed by atoms with Gasteiger partial charge in [-0.1, -0.05) is 72.8 Å². The molecule has 0 aliphatic heterocycles. The van der Waals surface area contributed by atoms with Crippen LogP contribution >= 0.6 is 11.3 Å². The van der Waals surface area contributed by atoms with Gasteiger partial charge in [0.1, 0.15) is 11.5 Å². The summed E-state index contributed by atoms with van der Waals surface area (Å²) in [5, 5.41) is 2.06. The molecule has 5 heteroatoms. The highest BCUT2D eigenvalue weighted by atomic mass is 32.1. The van der Waals surface area contributed by atoms with Crippen LogP contribution in [0.2, 0.25) is 0 Å². The van der Waals surface area contributed by atoms with Crippen LogP contribution in [-0.2, 0) is 19.6 Å². The third-order valence-electron chi connectivity index (χ3n) is 5.72. The predicted octanol–water partition coefficient (Wildman–Crippen LogP) is 6.73. The maximum absolute atomic E-state index is 13.9. The van der Waals surface area contributed by atoms with Crippen LogP contribution in [-0.4, -0.2) is 15.4 Å². The number of fused-ring (bicyclic) bond motifs is 1. The van der Waals surface area contributed by atoms with Gasteiger partial charge in [0, 0.05) is 19.6 Å². The van der Waals surface area contributed by atoms with Crippen molar-refractivity contribution in [3.63, 3.8) is 0 Å². The molecule has 0 atom stereocenters. The van der Waals surface area contributed by atoms with Gasteiger partial charge in [0.25, 0.3) is 5.91 Å². The number of nitrogens with zero attached hydrogens (tertiary/aromatic N) is 2. The summed E-state index contributed by atoms with van der Waals surface area (Å²) < 4.78 is 16.7. The average molecular weight is 455 g/mol. The van der Waals surface area contributed by atoms with Gasteiger partial charge in [0.05, 0.1) is 10.2 Å². The summed E-state index contributed by atoms with van der Waals surface area (Å²) in [6, 6.07) is 30.6. The molecule has 3 aromatic carbocycles. The molecule has 164 valence electrons. The number of aromatic nitrogens is 1. The minimum atomic E-state index is -0.281. The molecule has 0 saturated carbocycles. The summed E-state index contributed by atoms with van der Waals surface area (Å²) in [4.78, 5) is 15.8. The molecular weight excluding hydrogens is 431 g/mol. The molecule has 0 unspecified atom stereocenters. The number of hydrogen-bond donors (Lipinski definition) is 0. The van der Waals surface area contributed by atoms with Gasteiger partial charge in [0.15, 0.2) is 0 Å². The Labute approximate surface area is 196 Å². The van der Waals surface area contributed by atoms with Crippen LogP contribution in [0.3, 0.4) is 0 Å². The number of amides is 1. The predicted molar refractivity (Wildman–Crippen MR) is 132 cm³/mol. The maximum atomic E-state index is 13.9. The van der Waals surface area contributed by atoms with Gasteiger partial charge in [-0.2, -0.15) is 0 Å². The Kier molecular flexibility index (Phi) is 6.05. The van der Waals surface area contributed by atoms with Crippen molar-refractivity contribution in [2.24, 2.45) is 0 Å². The second kappa shape index (κ2) is 9.43. The fourth-order valence-corrected chi connectivity index (χ4v) is 4.89. The molecule has 3 nitrogen and oxygen atoms in total. The molecule has 1 amide bonds. The number of rotatable bonds is 7. The highest BCUT2D eigenvalue weighted by Gasteiger charge is 2.23. The standard InChI is InChI=1S/C28H23FN2OS/c29-24-13-11-23(12-14-24)19-30(18-21-7-3-1-4-8-21)28(32)26-17-27-25(15-16-33-27)31(26)20-22-9-5-2-6-10-22/h1-17H,18-20H2. The Morgan fingerprint density at radius 1 is 0.788 bits per heavy atom. The second-order valence-corrected chi connectivity index (χ2v) is 8.99. The molecule has 0 aliphatic carbocycles. The molecule has 0 radical (unpaired) electrons. The van der Waals surface area contributed by atoms with Crippen LogP contribution in [0.1, 0.15) is 27.2 Å². The summed E-state index contributed by atoms with van der Waals surface area (Å²) in [6.07, 6.45) is 0. The minimum absolute atomic E-state index is 0.0393. The van der Waals surface area contributed by atoms with Crippen molar-refractivity contribution < 1.29 is 9.18 Å². The van der Waals surface area contributed by atoms with Crippen molar-refractivity contribution in [3.05, 3.63) is 131 Å². The first kappa shape index (κ1) is 21.2. The zero-order chi connectivity index (χ0) is 22.6. The van der Waals surface area contributed by atoms with Gasteiger partial charge in [-0.15, -0.1) is 11.3 Å². The van der Waals surface area contributed by atoms with Crippen LogP contribution in [0.15, 0.2) is 102 Å². The summed E-state index contributed by atoms with van der Waals surface area (Å²) in [6.45, 7) is 1.50. The SMILES string of the molecule is O=C(c1cc2sccc2n1Cc1ccccc1)N(Cc1ccccc1)Cc1ccc(F)cc1. The first-order valence-electron chi connectivity index (χ1n) is 10.9. The smallest absolute Gasteiger partial charge is 0.271 e. The third-order valence-corrected chi connectivity index (χ3v) is 6.57. The van der Waals surface area contributed by atoms with E-state index in [4.69, 9.17) is 0 Å². The zero-order valence-electron chi connectivity index (χ0n) is 18.0. The Balaban J connectivity index is 1.52. The molecular formula is C28H23FN2OS. The first-order chi connectivity index (χ1) is 16.2. The number of carbonyl (C=O) groups excluding carboxylic acids is 1. The van der Waals surface area contributed by atoms with Crippen LogP contribution in [0.4, 0.5) is 4.39 Å². The van der Waals surface area contributed by atoms with E-state index in [1.165, 1.54) is 12.1 Å². The van der Waals surface area contributed by atoms with Crippen molar-refractivity contribution in [1.82, 2.24) is 9.47 Å². The van der Waals surface area contributed by atoms with E-state index >= 15 is 0 Å². The van der Waals surface area contributed by atoms with Crippen LogP contribution in [0.25, 0.3) is 10.2 Å². The van der Waals surface area contributed by atoms with E-state index in [9.17, 15) is 9.18 Å². The summed E-state index contributed by atoms with van der Waals surface area (Å²) in [5.41, 5.74) is 4.82. The van der Waals surface area contributed by atoms with Gasteiger partial charge in [-0.3, -0.25) is 4.79 Å². The second-order valence-electron chi connectivity index (χ2n) is 8.04. The molecule has 2 aromatic heterocycles. The zero-order valence-corrected chi connectivity index (χ0v) is 18.8. The minimum Gasteiger partial charge on any atom is -0.331 e. The number of thiophene rings is 1. The van der Waals surface area contributed by atoms with E-state index in [0.717, 1.165) is 26.9 Å². The van der Waals surface area contributed by atoms with Crippen LogP contribution in [0, 0.1) is 5.82 Å². The molecule has 0 fully saturated rings. The van der Waals surface area contributed by atoms with Gasteiger partial charge in [0.2, 0.25) is 0 Å². The van der Waals surface area contributed by atoms with Crippen LogP contribution < -0.4 is 0 Å². The van der Waals surface area contributed by atoms with Crippen molar-refractivity contribution in [1.29, 1.82) is 0 Å². The summed E-state index contributed by atoms with van der Waals surface area (Å²) in [5.74, 6) is -0.320. The molecule has 0 bridgehead atoms. The Hall–Kier alpha value is -3.70. The Bertz CT molecular complexity index is 1360. The molecule has 0 aliphatic rings. The Morgan fingerprint density at radius 2 is 1.39 bits per heavy atom. The number of carbonyl (C=O) groups is 1. The fraction of sp³-hybridized carbons (Fsp3) is 0.107. The largest absolute Gasteiger partial charge is 0.331 e. The van der Waals surface area contributed by atoms with E-state index in [2.05, 4.69) is 28.1 Å². The van der Waals surface area contributed by atoms with E-state index in [1.54, 1.807) is 23.5 Å². The number of halogens is 1. The third kappa shape index (κ3) is 4.73. The van der Waals surface area contributed by atoms with Crippen molar-refractivity contribution in [3.8, 4) is 0 Å². The molecule has 2 heterocycles. The van der Waals surface area contributed by atoms with Gasteiger partial charge in [-0.25, -0.2) is 4.39 Å². The lowest BCUT2D eigenvalue weighted by atomic mass is 10.1.